The van der Waals surface area contributed by atoms with Crippen LogP contribution in [0.3, 0.4) is 0 Å². The molecule has 0 saturated carbocycles. The lowest BCUT2D eigenvalue weighted by molar-refractivity contribution is -0.115. The molecule has 9 heteroatoms. The predicted molar refractivity (Wildman–Crippen MR) is 125 cm³/mol. The van der Waals surface area contributed by atoms with Crippen molar-refractivity contribution < 1.29 is 19.4 Å². The number of anilines is 1. The van der Waals surface area contributed by atoms with Crippen molar-refractivity contribution in [1.29, 1.82) is 0 Å². The van der Waals surface area contributed by atoms with Gasteiger partial charge in [-0.15, -0.1) is 0 Å². The maximum Gasteiger partial charge on any atom is 0.188 e. The van der Waals surface area contributed by atoms with Gasteiger partial charge in [-0.2, -0.15) is 0 Å². The number of nitrogens with zero attached hydrogens (tertiary/aromatic N) is 4. The Balaban J connectivity index is 1.09. The first-order chi connectivity index (χ1) is 16.1. The maximum atomic E-state index is 12.1. The third-order valence-corrected chi connectivity index (χ3v) is 6.28. The average molecular weight is 452 g/mol. The van der Waals surface area contributed by atoms with E-state index in [0.29, 0.717) is 31.0 Å². The molecule has 1 aromatic rings. The lowest BCUT2D eigenvalue weighted by atomic mass is 10.1. The molecule has 5 rings (SSSR count). The number of allylic oxidation sites excluding steroid dienone is 2. The van der Waals surface area contributed by atoms with E-state index in [2.05, 4.69) is 26.2 Å². The summed E-state index contributed by atoms with van der Waals surface area (Å²) in [5, 5.41) is 13.6. The summed E-state index contributed by atoms with van der Waals surface area (Å²) in [5.74, 6) is 2.31. The van der Waals surface area contributed by atoms with Crippen LogP contribution >= 0.6 is 0 Å². The van der Waals surface area contributed by atoms with Crippen molar-refractivity contribution in [2.24, 2.45) is 4.99 Å². The Morgan fingerprint density at radius 2 is 2.03 bits per heavy atom. The smallest absolute Gasteiger partial charge is 0.188 e. The van der Waals surface area contributed by atoms with E-state index in [0.717, 1.165) is 49.1 Å². The number of Topliss-reactive ketones (excluding diaryl/α,β-unsaturated/α-hetero) is 1. The number of ether oxygens (including phenoxy) is 2. The van der Waals surface area contributed by atoms with Crippen molar-refractivity contribution in [3.8, 4) is 5.75 Å². The number of piperazine rings is 1. The summed E-state index contributed by atoms with van der Waals surface area (Å²) in [4.78, 5) is 23.0. The number of carbonyl (C=O) groups excluding carboxylic acids is 1. The lowest BCUT2D eigenvalue weighted by Crippen LogP contribution is -2.49. The maximum absolute atomic E-state index is 12.1. The quantitative estimate of drug-likeness (QED) is 0.636. The van der Waals surface area contributed by atoms with Crippen LogP contribution in [0.25, 0.3) is 0 Å². The molecule has 9 nitrogen and oxygen atoms in total. The summed E-state index contributed by atoms with van der Waals surface area (Å²) >= 11 is 0. The molecule has 4 aliphatic rings. The summed E-state index contributed by atoms with van der Waals surface area (Å²) in [6.07, 6.45) is 5.09. The van der Waals surface area contributed by atoms with Crippen LogP contribution in [0.4, 0.5) is 5.69 Å². The van der Waals surface area contributed by atoms with Gasteiger partial charge in [0.1, 0.15) is 29.9 Å². The number of para-hydroxylation sites is 2. The Morgan fingerprint density at radius 3 is 2.85 bits per heavy atom. The standard InChI is InChI=1S/C24H29N5O4/c1-32-22-5-3-2-4-20(22)28-10-8-27(9-11-28)14-18(30)16-33-19-12-17-13-26-23-21(31)6-7-25-24(23)29(17)15-19/h2-5,7,12-13,18,26,30H,6,8-11,14-16H2,1H3. The minimum Gasteiger partial charge on any atom is -0.495 e. The fourth-order valence-corrected chi connectivity index (χ4v) is 4.56. The zero-order chi connectivity index (χ0) is 22.8. The zero-order valence-electron chi connectivity index (χ0n) is 18.7. The number of hydrogen-bond donors (Lipinski definition) is 2. The number of nitrogens with one attached hydrogen (secondary N) is 1. The molecule has 0 aliphatic carbocycles. The van der Waals surface area contributed by atoms with E-state index in [1.54, 1.807) is 19.5 Å². The largest absolute Gasteiger partial charge is 0.495 e. The van der Waals surface area contributed by atoms with Gasteiger partial charge in [0, 0.05) is 57.6 Å². The van der Waals surface area contributed by atoms with Gasteiger partial charge in [-0.25, -0.2) is 4.99 Å². The van der Waals surface area contributed by atoms with Crippen molar-refractivity contribution in [3.63, 3.8) is 0 Å². The Kier molecular flexibility index (Phi) is 6.06. The predicted octanol–water partition coefficient (Wildman–Crippen LogP) is 1.05. The number of rotatable bonds is 7. The van der Waals surface area contributed by atoms with Crippen LogP contribution < -0.4 is 15.0 Å². The van der Waals surface area contributed by atoms with E-state index >= 15 is 0 Å². The number of aliphatic imine (C=N–C) groups is 1. The molecule has 1 saturated heterocycles. The fraction of sp³-hybridized carbons (Fsp3) is 0.417. The first-order valence-corrected chi connectivity index (χ1v) is 11.3. The molecule has 0 aromatic heterocycles. The van der Waals surface area contributed by atoms with E-state index in [-0.39, 0.29) is 12.4 Å². The van der Waals surface area contributed by atoms with Crippen LogP contribution in [0, 0.1) is 0 Å². The summed E-state index contributed by atoms with van der Waals surface area (Å²) in [5.41, 5.74) is 2.54. The van der Waals surface area contributed by atoms with Crippen molar-refractivity contribution in [2.45, 2.75) is 12.5 Å². The second-order valence-electron chi connectivity index (χ2n) is 8.47. The van der Waals surface area contributed by atoms with E-state index < -0.39 is 6.10 Å². The molecular formula is C24H29N5O4. The topological polar surface area (TPSA) is 89.9 Å². The number of β-amino-alcohol motifs (C(OH)–C–C–N with tert-alkyl or cyclic N) is 1. The van der Waals surface area contributed by atoms with Crippen LogP contribution in [0.1, 0.15) is 6.42 Å². The lowest BCUT2D eigenvalue weighted by Gasteiger charge is -2.37. The van der Waals surface area contributed by atoms with Gasteiger partial charge in [0.15, 0.2) is 11.6 Å². The summed E-state index contributed by atoms with van der Waals surface area (Å²) in [6, 6.07) is 8.07. The van der Waals surface area contributed by atoms with Crippen LogP contribution in [0.5, 0.6) is 5.75 Å². The van der Waals surface area contributed by atoms with Crippen LogP contribution in [0.2, 0.25) is 0 Å². The van der Waals surface area contributed by atoms with Crippen LogP contribution in [-0.4, -0.2) is 86.0 Å². The van der Waals surface area contributed by atoms with Gasteiger partial charge < -0.3 is 29.7 Å². The third-order valence-electron chi connectivity index (χ3n) is 6.28. The van der Waals surface area contributed by atoms with E-state index in [9.17, 15) is 9.90 Å². The van der Waals surface area contributed by atoms with Crippen molar-refractivity contribution >= 4 is 17.7 Å². The highest BCUT2D eigenvalue weighted by Gasteiger charge is 2.32. The molecule has 1 unspecified atom stereocenters. The number of ketones is 1. The molecular weight excluding hydrogens is 422 g/mol. The Labute approximate surface area is 193 Å². The molecule has 0 radical (unpaired) electrons. The van der Waals surface area contributed by atoms with Crippen molar-refractivity contribution in [1.82, 2.24) is 15.1 Å². The summed E-state index contributed by atoms with van der Waals surface area (Å²) in [6.45, 7) is 4.79. The van der Waals surface area contributed by atoms with Gasteiger partial charge in [-0.3, -0.25) is 9.69 Å². The second kappa shape index (κ2) is 9.29. The van der Waals surface area contributed by atoms with Crippen LogP contribution in [-0.2, 0) is 9.53 Å². The Bertz CT molecular complexity index is 1040. The fourth-order valence-electron chi connectivity index (χ4n) is 4.56. The highest BCUT2D eigenvalue weighted by molar-refractivity contribution is 6.05. The molecule has 2 N–H and O–H groups in total. The highest BCUT2D eigenvalue weighted by atomic mass is 16.5. The molecule has 0 amide bonds. The molecule has 33 heavy (non-hydrogen) atoms. The molecule has 0 spiro atoms. The minimum absolute atomic E-state index is 0.0332. The molecule has 4 heterocycles. The molecule has 1 atom stereocenters. The number of hydrogen-bond acceptors (Lipinski definition) is 9. The highest BCUT2D eigenvalue weighted by Crippen LogP contribution is 2.31. The summed E-state index contributed by atoms with van der Waals surface area (Å²) in [7, 11) is 1.70. The minimum atomic E-state index is -0.586. The molecule has 1 fully saturated rings. The van der Waals surface area contributed by atoms with Gasteiger partial charge in [0.05, 0.1) is 25.0 Å². The van der Waals surface area contributed by atoms with Crippen molar-refractivity contribution in [3.05, 3.63) is 59.5 Å². The summed E-state index contributed by atoms with van der Waals surface area (Å²) < 4.78 is 11.4. The first-order valence-electron chi connectivity index (χ1n) is 11.3. The number of aliphatic hydroxyl groups is 1. The zero-order valence-corrected chi connectivity index (χ0v) is 18.7. The molecule has 1 aromatic carbocycles. The normalized spacial score (nSPS) is 21.2. The van der Waals surface area contributed by atoms with Crippen molar-refractivity contribution in [2.75, 3.05) is 57.9 Å². The van der Waals surface area contributed by atoms with E-state index in [1.165, 1.54) is 0 Å². The van der Waals surface area contributed by atoms with E-state index in [4.69, 9.17) is 9.47 Å². The SMILES string of the molecule is COc1ccccc1N1CCN(CC(O)COC2=CC3=CNC4=C(N=CCC4=O)N3C2)CC1. The third kappa shape index (κ3) is 4.46. The van der Waals surface area contributed by atoms with E-state index in [1.807, 2.05) is 29.2 Å². The first kappa shape index (κ1) is 21.5. The number of carbonyl (C=O) groups is 1. The Morgan fingerprint density at radius 1 is 1.21 bits per heavy atom. The Hall–Kier alpha value is -3.30. The van der Waals surface area contributed by atoms with Gasteiger partial charge in [0.2, 0.25) is 0 Å². The molecule has 4 aliphatic heterocycles. The van der Waals surface area contributed by atoms with Gasteiger partial charge in [-0.1, -0.05) is 12.1 Å². The van der Waals surface area contributed by atoms with Gasteiger partial charge >= 0.3 is 0 Å². The number of benzene rings is 1. The molecule has 174 valence electrons. The number of fused-ring (bicyclic) bond motifs is 2. The molecule has 0 bridgehead atoms. The van der Waals surface area contributed by atoms with Gasteiger partial charge in [-0.05, 0) is 12.1 Å². The van der Waals surface area contributed by atoms with Gasteiger partial charge in [0.25, 0.3) is 0 Å². The average Bonchev–Trinajstić information content (AvgIpc) is 3.27. The monoisotopic (exact) mass is 451 g/mol. The number of methoxy groups -OCH3 is 1. The van der Waals surface area contributed by atoms with Crippen LogP contribution in [0.15, 0.2) is 64.5 Å². The second-order valence-corrected chi connectivity index (χ2v) is 8.47. The number of aliphatic hydroxyl groups excluding tert-OH is 1.